The van der Waals surface area contributed by atoms with E-state index in [0.29, 0.717) is 6.04 Å². The second kappa shape index (κ2) is 4.10. The van der Waals surface area contributed by atoms with Crippen molar-refractivity contribution in [3.63, 3.8) is 0 Å². The van der Waals surface area contributed by atoms with E-state index in [0.717, 1.165) is 5.92 Å². The molecule has 1 N–H and O–H groups in total. The molecule has 0 aromatic heterocycles. The molecule has 1 aromatic carbocycles. The molecule has 2 heteroatoms. The van der Waals surface area contributed by atoms with Crippen molar-refractivity contribution in [3.8, 4) is 0 Å². The van der Waals surface area contributed by atoms with Crippen LogP contribution in [-0.2, 0) is 6.42 Å². The van der Waals surface area contributed by atoms with Crippen LogP contribution < -0.4 is 10.2 Å². The molecule has 0 amide bonds. The van der Waals surface area contributed by atoms with Gasteiger partial charge in [-0.1, -0.05) is 18.2 Å². The molecular weight excluding hydrogens is 196 g/mol. The van der Waals surface area contributed by atoms with Gasteiger partial charge >= 0.3 is 0 Å². The molecule has 0 aliphatic carbocycles. The van der Waals surface area contributed by atoms with Crippen molar-refractivity contribution >= 4 is 5.69 Å². The lowest BCUT2D eigenvalue weighted by Gasteiger charge is -2.31. The Kier molecular flexibility index (Phi) is 2.60. The molecule has 16 heavy (non-hydrogen) atoms. The Balaban J connectivity index is 1.69. The molecule has 2 nitrogen and oxygen atoms in total. The fraction of sp³-hybridized carbons (Fsp3) is 0.571. The third-order valence-corrected chi connectivity index (χ3v) is 3.99. The van der Waals surface area contributed by atoms with E-state index in [1.165, 1.54) is 43.7 Å². The first-order chi connectivity index (χ1) is 7.84. The highest BCUT2D eigenvalue weighted by Gasteiger charge is 2.26. The molecule has 1 saturated heterocycles. The van der Waals surface area contributed by atoms with Gasteiger partial charge in [-0.15, -0.1) is 0 Å². The SMILES string of the molecule is CC1Cc2ccccc2N1CCC1CNC1. The molecule has 1 unspecified atom stereocenters. The van der Waals surface area contributed by atoms with E-state index in [-0.39, 0.29) is 0 Å². The highest BCUT2D eigenvalue weighted by molar-refractivity contribution is 5.59. The number of hydrogen-bond acceptors (Lipinski definition) is 2. The summed E-state index contributed by atoms with van der Waals surface area (Å²) in [5.74, 6) is 0.917. The first kappa shape index (κ1) is 10.2. The van der Waals surface area contributed by atoms with Crippen molar-refractivity contribution in [1.29, 1.82) is 0 Å². The number of rotatable bonds is 3. The van der Waals surface area contributed by atoms with Crippen LogP contribution >= 0.6 is 0 Å². The van der Waals surface area contributed by atoms with Gasteiger partial charge < -0.3 is 10.2 Å². The zero-order chi connectivity index (χ0) is 11.0. The molecule has 1 atom stereocenters. The summed E-state index contributed by atoms with van der Waals surface area (Å²) in [4.78, 5) is 2.59. The van der Waals surface area contributed by atoms with Gasteiger partial charge in [0.05, 0.1) is 0 Å². The molecule has 86 valence electrons. The average Bonchev–Trinajstić information content (AvgIpc) is 2.53. The lowest BCUT2D eigenvalue weighted by Crippen LogP contribution is -2.44. The number of nitrogens with zero attached hydrogens (tertiary/aromatic N) is 1. The summed E-state index contributed by atoms with van der Waals surface area (Å²) in [6, 6.07) is 9.55. The maximum absolute atomic E-state index is 3.35. The number of para-hydroxylation sites is 1. The minimum Gasteiger partial charge on any atom is -0.368 e. The van der Waals surface area contributed by atoms with Crippen LogP contribution in [0.5, 0.6) is 0 Å². The Labute approximate surface area is 97.6 Å². The number of anilines is 1. The molecule has 0 bridgehead atoms. The van der Waals surface area contributed by atoms with Gasteiger partial charge in [-0.05, 0) is 50.4 Å². The maximum atomic E-state index is 3.35. The zero-order valence-corrected chi connectivity index (χ0v) is 9.95. The third kappa shape index (κ3) is 1.71. The highest BCUT2D eigenvalue weighted by Crippen LogP contribution is 2.32. The van der Waals surface area contributed by atoms with Gasteiger partial charge in [0.1, 0.15) is 0 Å². The second-order valence-corrected chi connectivity index (χ2v) is 5.19. The second-order valence-electron chi connectivity index (χ2n) is 5.19. The van der Waals surface area contributed by atoms with E-state index in [9.17, 15) is 0 Å². The van der Waals surface area contributed by atoms with Crippen molar-refractivity contribution in [3.05, 3.63) is 29.8 Å². The summed E-state index contributed by atoms with van der Waals surface area (Å²) in [5, 5.41) is 3.35. The summed E-state index contributed by atoms with van der Waals surface area (Å²) in [6.07, 6.45) is 2.56. The van der Waals surface area contributed by atoms with Crippen molar-refractivity contribution in [2.24, 2.45) is 5.92 Å². The highest BCUT2D eigenvalue weighted by atomic mass is 15.2. The predicted molar refractivity (Wildman–Crippen MR) is 67.9 cm³/mol. The van der Waals surface area contributed by atoms with E-state index in [1.807, 2.05) is 0 Å². The largest absolute Gasteiger partial charge is 0.368 e. The quantitative estimate of drug-likeness (QED) is 0.832. The van der Waals surface area contributed by atoms with Gasteiger partial charge in [0.2, 0.25) is 0 Å². The first-order valence-electron chi connectivity index (χ1n) is 6.40. The minimum absolute atomic E-state index is 0.686. The number of nitrogens with one attached hydrogen (secondary N) is 1. The monoisotopic (exact) mass is 216 g/mol. The van der Waals surface area contributed by atoms with Crippen molar-refractivity contribution in [2.45, 2.75) is 25.8 Å². The van der Waals surface area contributed by atoms with Crippen molar-refractivity contribution < 1.29 is 0 Å². The lowest BCUT2D eigenvalue weighted by atomic mass is 9.99. The van der Waals surface area contributed by atoms with Gasteiger partial charge in [-0.25, -0.2) is 0 Å². The number of benzene rings is 1. The van der Waals surface area contributed by atoms with Gasteiger partial charge in [0, 0.05) is 18.3 Å². The topological polar surface area (TPSA) is 15.3 Å². The smallest absolute Gasteiger partial charge is 0.0402 e. The van der Waals surface area contributed by atoms with Gasteiger partial charge in [-0.2, -0.15) is 0 Å². The van der Waals surface area contributed by atoms with Crippen LogP contribution in [0.2, 0.25) is 0 Å². The molecule has 0 saturated carbocycles. The van der Waals surface area contributed by atoms with Crippen LogP contribution in [0.25, 0.3) is 0 Å². The summed E-state index contributed by atoms with van der Waals surface area (Å²) in [6.45, 7) is 6.03. The molecular formula is C14H20N2. The third-order valence-electron chi connectivity index (χ3n) is 3.99. The van der Waals surface area contributed by atoms with Gasteiger partial charge in [-0.3, -0.25) is 0 Å². The van der Waals surface area contributed by atoms with Gasteiger partial charge in [0.25, 0.3) is 0 Å². The molecule has 0 radical (unpaired) electrons. The van der Waals surface area contributed by atoms with Crippen LogP contribution in [0.4, 0.5) is 5.69 Å². The normalized spacial score (nSPS) is 24.3. The number of hydrogen-bond donors (Lipinski definition) is 1. The molecule has 3 rings (SSSR count). The molecule has 2 aliphatic rings. The molecule has 2 heterocycles. The fourth-order valence-corrected chi connectivity index (χ4v) is 2.84. The maximum Gasteiger partial charge on any atom is 0.0402 e. The van der Waals surface area contributed by atoms with Crippen molar-refractivity contribution in [2.75, 3.05) is 24.5 Å². The van der Waals surface area contributed by atoms with Gasteiger partial charge in [0.15, 0.2) is 0 Å². The fourth-order valence-electron chi connectivity index (χ4n) is 2.84. The lowest BCUT2D eigenvalue weighted by molar-refractivity contribution is 0.327. The Morgan fingerprint density at radius 3 is 2.88 bits per heavy atom. The first-order valence-corrected chi connectivity index (χ1v) is 6.40. The predicted octanol–water partition coefficient (Wildman–Crippen LogP) is 2.05. The van der Waals surface area contributed by atoms with Crippen LogP contribution in [0.3, 0.4) is 0 Å². The van der Waals surface area contributed by atoms with E-state index < -0.39 is 0 Å². The minimum atomic E-state index is 0.686. The van der Waals surface area contributed by atoms with Crippen LogP contribution in [0.1, 0.15) is 18.9 Å². The van der Waals surface area contributed by atoms with E-state index in [1.54, 1.807) is 0 Å². The van der Waals surface area contributed by atoms with Crippen molar-refractivity contribution in [1.82, 2.24) is 5.32 Å². The van der Waals surface area contributed by atoms with E-state index >= 15 is 0 Å². The summed E-state index contributed by atoms with van der Waals surface area (Å²) in [7, 11) is 0. The summed E-state index contributed by atoms with van der Waals surface area (Å²) in [5.41, 5.74) is 3.00. The Morgan fingerprint density at radius 2 is 2.12 bits per heavy atom. The Bertz CT molecular complexity index is 371. The van der Waals surface area contributed by atoms with Crippen LogP contribution in [-0.4, -0.2) is 25.7 Å². The molecule has 2 aliphatic heterocycles. The summed E-state index contributed by atoms with van der Waals surface area (Å²) < 4.78 is 0. The van der Waals surface area contributed by atoms with Crippen LogP contribution in [0.15, 0.2) is 24.3 Å². The summed E-state index contributed by atoms with van der Waals surface area (Å²) >= 11 is 0. The Hall–Kier alpha value is -1.02. The van der Waals surface area contributed by atoms with Crippen LogP contribution in [0, 0.1) is 5.92 Å². The number of fused-ring (bicyclic) bond motifs is 1. The standard InChI is InChI=1S/C14H20N2/c1-11-8-13-4-2-3-5-14(13)16(11)7-6-12-9-15-10-12/h2-5,11-12,15H,6-10H2,1H3. The van der Waals surface area contributed by atoms with E-state index in [2.05, 4.69) is 41.4 Å². The average molecular weight is 216 g/mol. The van der Waals surface area contributed by atoms with E-state index in [4.69, 9.17) is 0 Å². The Morgan fingerprint density at radius 1 is 1.31 bits per heavy atom. The molecule has 1 aromatic rings. The molecule has 1 fully saturated rings. The molecule has 0 spiro atoms. The zero-order valence-electron chi connectivity index (χ0n) is 9.95.